The highest BCUT2D eigenvalue weighted by atomic mass is 19.4. The maximum Gasteiger partial charge on any atom is 0.416 e. The van der Waals surface area contributed by atoms with Crippen LogP contribution in [0.1, 0.15) is 46.7 Å². The van der Waals surface area contributed by atoms with E-state index in [0.29, 0.717) is 5.92 Å². The summed E-state index contributed by atoms with van der Waals surface area (Å²) in [4.78, 5) is 12.1. The van der Waals surface area contributed by atoms with Crippen LogP contribution in [0.4, 0.5) is 13.2 Å². The number of aromatic nitrogens is 1. The van der Waals surface area contributed by atoms with Crippen molar-refractivity contribution in [1.29, 1.82) is 0 Å². The van der Waals surface area contributed by atoms with Crippen molar-refractivity contribution in [3.05, 3.63) is 77.6 Å². The summed E-state index contributed by atoms with van der Waals surface area (Å²) in [5.74, 6) is 0.0253. The molecule has 1 aromatic heterocycles. The lowest BCUT2D eigenvalue weighted by Gasteiger charge is -2.17. The predicted molar refractivity (Wildman–Crippen MR) is 87.5 cm³/mol. The van der Waals surface area contributed by atoms with Gasteiger partial charge in [0.2, 0.25) is 0 Å². The Kier molecular flexibility index (Phi) is 4.88. The Morgan fingerprint density at radius 2 is 1.72 bits per heavy atom. The summed E-state index contributed by atoms with van der Waals surface area (Å²) in [6.45, 7) is 0. The number of rotatable bonds is 3. The lowest BCUT2D eigenvalue weighted by atomic mass is 9.88. The average Bonchev–Trinajstić information content (AvgIpc) is 2.62. The molecule has 2 aromatic rings. The quantitative estimate of drug-likeness (QED) is 0.655. The van der Waals surface area contributed by atoms with E-state index >= 15 is 0 Å². The van der Waals surface area contributed by atoms with E-state index in [1.54, 1.807) is 12.4 Å². The molecule has 1 heterocycles. The third-order valence-corrected chi connectivity index (χ3v) is 4.30. The number of carbonyl (C=O) groups is 1. The third kappa shape index (κ3) is 4.26. The molecule has 1 atom stereocenters. The van der Waals surface area contributed by atoms with Crippen molar-refractivity contribution in [2.75, 3.05) is 5.43 Å². The summed E-state index contributed by atoms with van der Waals surface area (Å²) in [7, 11) is 0. The summed E-state index contributed by atoms with van der Waals surface area (Å²) in [5, 5.41) is 0. The van der Waals surface area contributed by atoms with Gasteiger partial charge in [0, 0.05) is 17.7 Å². The molecule has 3 nitrogen and oxygen atoms in total. The van der Waals surface area contributed by atoms with Gasteiger partial charge in [-0.25, -0.2) is 0 Å². The van der Waals surface area contributed by atoms with Gasteiger partial charge in [-0.3, -0.25) is 4.79 Å². The molecular formula is C19H18F3N2O+. The number of amides is 1. The lowest BCUT2D eigenvalue weighted by molar-refractivity contribution is -0.641. The summed E-state index contributed by atoms with van der Waals surface area (Å²) in [6.07, 6.45) is 6.65. The van der Waals surface area contributed by atoms with Crippen LogP contribution in [0, 0.1) is 0 Å². The number of pyridine rings is 1. The molecular weight excluding hydrogens is 329 g/mol. The molecule has 130 valence electrons. The van der Waals surface area contributed by atoms with Crippen LogP contribution in [0.3, 0.4) is 0 Å². The molecule has 1 N–H and O–H groups in total. The van der Waals surface area contributed by atoms with Gasteiger partial charge < -0.3 is 0 Å². The van der Waals surface area contributed by atoms with Gasteiger partial charge in [-0.1, -0.05) is 16.8 Å². The van der Waals surface area contributed by atoms with Crippen molar-refractivity contribution < 1.29 is 22.6 Å². The van der Waals surface area contributed by atoms with E-state index in [-0.39, 0.29) is 5.56 Å². The van der Waals surface area contributed by atoms with Gasteiger partial charge in [0.05, 0.1) is 5.56 Å². The molecule has 0 radical (unpaired) electrons. The number of hydrogen-bond acceptors (Lipinski definition) is 1. The van der Waals surface area contributed by atoms with Gasteiger partial charge >= 0.3 is 12.1 Å². The van der Waals surface area contributed by atoms with Crippen LogP contribution in [0.25, 0.3) is 0 Å². The Hall–Kier alpha value is -2.63. The normalized spacial score (nSPS) is 17.3. The van der Waals surface area contributed by atoms with Gasteiger partial charge in [-0.15, -0.1) is 5.43 Å². The van der Waals surface area contributed by atoms with Gasteiger partial charge in [-0.05, 0) is 55.0 Å². The number of allylic oxidation sites excluding steroid dienone is 2. The minimum absolute atomic E-state index is 0.169. The van der Waals surface area contributed by atoms with Crippen LogP contribution in [-0.4, -0.2) is 5.91 Å². The number of alkyl halides is 3. The van der Waals surface area contributed by atoms with Gasteiger partial charge in [0.25, 0.3) is 0 Å². The highest BCUT2D eigenvalue weighted by Gasteiger charge is 2.30. The molecule has 0 saturated heterocycles. The zero-order valence-electron chi connectivity index (χ0n) is 13.5. The molecule has 1 unspecified atom stereocenters. The van der Waals surface area contributed by atoms with Crippen molar-refractivity contribution in [1.82, 2.24) is 0 Å². The Morgan fingerprint density at radius 3 is 2.28 bits per heavy atom. The van der Waals surface area contributed by atoms with Gasteiger partial charge in [0.15, 0.2) is 12.4 Å². The smallest absolute Gasteiger partial charge is 0.264 e. The fourth-order valence-corrected chi connectivity index (χ4v) is 2.87. The van der Waals surface area contributed by atoms with E-state index < -0.39 is 17.6 Å². The maximum absolute atomic E-state index is 12.5. The first-order valence-electron chi connectivity index (χ1n) is 8.08. The molecule has 6 heteroatoms. The van der Waals surface area contributed by atoms with Crippen LogP contribution >= 0.6 is 0 Å². The minimum Gasteiger partial charge on any atom is -0.264 e. The standard InChI is InChI=1S/C19H17F3N2O/c20-19(21,22)17-8-6-16(7-9-17)18(25)23-24-12-10-15(11-13-24)14-4-2-1-3-5-14/h1-2,6-14H,3-5H2/p+1. The number of benzene rings is 1. The second-order valence-corrected chi connectivity index (χ2v) is 6.04. The van der Waals surface area contributed by atoms with Crippen molar-refractivity contribution in [2.45, 2.75) is 31.4 Å². The van der Waals surface area contributed by atoms with E-state index in [0.717, 1.165) is 31.4 Å². The Morgan fingerprint density at radius 1 is 1.04 bits per heavy atom. The van der Waals surface area contributed by atoms with E-state index in [9.17, 15) is 18.0 Å². The molecule has 0 spiro atoms. The number of nitrogens with zero attached hydrogens (tertiary/aromatic N) is 1. The van der Waals surface area contributed by atoms with Crippen molar-refractivity contribution >= 4 is 5.91 Å². The maximum atomic E-state index is 12.5. The molecule has 1 amide bonds. The SMILES string of the molecule is O=C(N[n+]1ccc(C2CC=CCC2)cc1)c1ccc(C(F)(F)F)cc1. The molecule has 3 rings (SSSR count). The second kappa shape index (κ2) is 7.09. The topological polar surface area (TPSA) is 33.0 Å². The summed E-state index contributed by atoms with van der Waals surface area (Å²) in [5.41, 5.74) is 3.23. The van der Waals surface area contributed by atoms with Crippen LogP contribution < -0.4 is 10.1 Å². The zero-order chi connectivity index (χ0) is 17.9. The van der Waals surface area contributed by atoms with Crippen LogP contribution in [0.5, 0.6) is 0 Å². The molecule has 0 saturated carbocycles. The number of halogens is 3. The first-order valence-corrected chi connectivity index (χ1v) is 8.08. The van der Waals surface area contributed by atoms with E-state index in [1.807, 2.05) is 12.1 Å². The van der Waals surface area contributed by atoms with Crippen LogP contribution in [-0.2, 0) is 6.18 Å². The minimum atomic E-state index is -4.41. The van der Waals surface area contributed by atoms with Crippen molar-refractivity contribution in [3.63, 3.8) is 0 Å². The lowest BCUT2D eigenvalue weighted by Crippen LogP contribution is -2.47. The molecule has 25 heavy (non-hydrogen) atoms. The fourth-order valence-electron chi connectivity index (χ4n) is 2.87. The Labute approximate surface area is 143 Å². The Balaban J connectivity index is 1.65. The van der Waals surface area contributed by atoms with Crippen LogP contribution in [0.2, 0.25) is 0 Å². The highest BCUT2D eigenvalue weighted by Crippen LogP contribution is 2.29. The van der Waals surface area contributed by atoms with Gasteiger partial charge in [0.1, 0.15) is 0 Å². The van der Waals surface area contributed by atoms with Crippen molar-refractivity contribution in [2.24, 2.45) is 0 Å². The molecule has 1 aliphatic rings. The summed E-state index contributed by atoms with van der Waals surface area (Å²) >= 11 is 0. The summed E-state index contributed by atoms with van der Waals surface area (Å²) < 4.78 is 39.2. The van der Waals surface area contributed by atoms with E-state index in [2.05, 4.69) is 17.6 Å². The zero-order valence-corrected chi connectivity index (χ0v) is 13.5. The first kappa shape index (κ1) is 17.2. The first-order chi connectivity index (χ1) is 11.9. The largest absolute Gasteiger partial charge is 0.416 e. The molecule has 0 fully saturated rings. The fraction of sp³-hybridized carbons (Fsp3) is 0.263. The molecule has 0 aliphatic heterocycles. The Bertz CT molecular complexity index is 765. The number of nitrogens with one attached hydrogen (secondary N) is 1. The monoisotopic (exact) mass is 347 g/mol. The van der Waals surface area contributed by atoms with Crippen molar-refractivity contribution in [3.8, 4) is 0 Å². The third-order valence-electron chi connectivity index (χ3n) is 4.30. The highest BCUT2D eigenvalue weighted by molar-refractivity contribution is 5.98. The number of hydrogen-bond donors (Lipinski definition) is 1. The number of carbonyl (C=O) groups excluding carboxylic acids is 1. The predicted octanol–water partition coefficient (Wildman–Crippen LogP) is 4.20. The molecule has 1 aromatic carbocycles. The average molecular weight is 347 g/mol. The molecule has 0 bridgehead atoms. The second-order valence-electron chi connectivity index (χ2n) is 6.04. The van der Waals surface area contributed by atoms with E-state index in [1.165, 1.54) is 22.4 Å². The molecule has 1 aliphatic carbocycles. The summed E-state index contributed by atoms with van der Waals surface area (Å²) in [6, 6.07) is 8.05. The van der Waals surface area contributed by atoms with E-state index in [4.69, 9.17) is 0 Å². The van der Waals surface area contributed by atoms with Crippen LogP contribution in [0.15, 0.2) is 60.9 Å². The van der Waals surface area contributed by atoms with Gasteiger partial charge in [-0.2, -0.15) is 13.2 Å².